The van der Waals surface area contributed by atoms with Gasteiger partial charge in [0.1, 0.15) is 0 Å². The molecule has 0 spiro atoms. The Bertz CT molecular complexity index is 667. The van der Waals surface area contributed by atoms with E-state index in [0.717, 1.165) is 5.69 Å². The number of urea groups is 1. The number of rotatable bonds is 1. The zero-order chi connectivity index (χ0) is 17.1. The maximum atomic E-state index is 13.0. The zero-order valence-corrected chi connectivity index (χ0v) is 12.9. The smallest absolute Gasteiger partial charge is 0.351 e. The van der Waals surface area contributed by atoms with Gasteiger partial charge in [0, 0.05) is 32.3 Å². The second-order valence-corrected chi connectivity index (χ2v) is 6.60. The number of carbonyl (C=O) groups excluding carboxylic acids is 1. The molecule has 1 aromatic heterocycles. The summed E-state index contributed by atoms with van der Waals surface area (Å²) in [5.74, 6) is -0.782. The molecule has 130 valence electrons. The Morgan fingerprint density at radius 1 is 1.33 bits per heavy atom. The summed E-state index contributed by atoms with van der Waals surface area (Å²) in [6.45, 7) is 0.979. The second kappa shape index (κ2) is 5.23. The van der Waals surface area contributed by atoms with Gasteiger partial charge >= 0.3 is 12.2 Å². The molecule has 0 radical (unpaired) electrons. The Labute approximate surface area is 137 Å². The Morgan fingerprint density at radius 2 is 2.12 bits per heavy atom. The van der Waals surface area contributed by atoms with Crippen LogP contribution in [0.4, 0.5) is 29.5 Å². The summed E-state index contributed by atoms with van der Waals surface area (Å²) in [4.78, 5) is 21.5. The first-order valence-corrected chi connectivity index (χ1v) is 7.97. The molecule has 9 heteroatoms. The van der Waals surface area contributed by atoms with E-state index in [1.807, 2.05) is 11.0 Å². The number of likely N-dealkylation sites (tertiary alicyclic amines) is 1. The van der Waals surface area contributed by atoms with E-state index in [1.54, 1.807) is 12.3 Å². The van der Waals surface area contributed by atoms with E-state index in [1.165, 1.54) is 4.90 Å². The van der Waals surface area contributed by atoms with E-state index in [-0.39, 0.29) is 25.2 Å². The third kappa shape index (κ3) is 2.29. The summed E-state index contributed by atoms with van der Waals surface area (Å²) in [6.07, 6.45) is -2.03. The highest BCUT2D eigenvalue weighted by atomic mass is 19.4. The molecule has 6 nitrogen and oxygen atoms in total. The Hall–Kier alpha value is -2.03. The average molecular weight is 341 g/mol. The molecule has 2 amide bonds. The summed E-state index contributed by atoms with van der Waals surface area (Å²) in [6, 6.07) is 2.87. The number of fused-ring (bicyclic) bond motifs is 4. The van der Waals surface area contributed by atoms with Crippen molar-refractivity contribution in [2.24, 2.45) is 11.7 Å². The van der Waals surface area contributed by atoms with Gasteiger partial charge < -0.3 is 10.6 Å². The van der Waals surface area contributed by atoms with Gasteiger partial charge in [-0.3, -0.25) is 9.80 Å². The Balaban J connectivity index is 1.63. The molecule has 0 aliphatic carbocycles. The Kier molecular flexibility index (Phi) is 3.38. The summed E-state index contributed by atoms with van der Waals surface area (Å²) in [5, 5.41) is 0. The third-order valence-corrected chi connectivity index (χ3v) is 5.26. The fraction of sp³-hybridized carbons (Fsp3) is 0.600. The summed E-state index contributed by atoms with van der Waals surface area (Å²) in [5.41, 5.74) is 6.27. The molecule has 0 saturated carbocycles. The van der Waals surface area contributed by atoms with Crippen molar-refractivity contribution in [3.05, 3.63) is 18.3 Å². The minimum Gasteiger partial charge on any atom is -0.351 e. The first kappa shape index (κ1) is 15.5. The van der Waals surface area contributed by atoms with Crippen molar-refractivity contribution in [3.8, 4) is 0 Å². The molecular formula is C15H18F3N5O. The first-order chi connectivity index (χ1) is 11.4. The number of hydrogen-bond acceptors (Lipinski definition) is 4. The molecule has 3 atom stereocenters. The number of anilines is 2. The molecule has 2 saturated heterocycles. The number of carbonyl (C=O) groups is 1. The molecule has 3 aliphatic rings. The number of alkyl halides is 3. The molecular weight excluding hydrogens is 323 g/mol. The van der Waals surface area contributed by atoms with Gasteiger partial charge in [-0.2, -0.15) is 13.2 Å². The van der Waals surface area contributed by atoms with Crippen molar-refractivity contribution in [2.75, 3.05) is 29.4 Å². The summed E-state index contributed by atoms with van der Waals surface area (Å²) in [7, 11) is 0. The largest absolute Gasteiger partial charge is 0.393 e. The second-order valence-electron chi connectivity index (χ2n) is 6.60. The minimum absolute atomic E-state index is 0.00353. The lowest BCUT2D eigenvalue weighted by molar-refractivity contribution is -0.170. The molecule has 2 fully saturated rings. The van der Waals surface area contributed by atoms with Crippen molar-refractivity contribution in [2.45, 2.75) is 31.2 Å². The highest BCUT2D eigenvalue weighted by molar-refractivity contribution is 5.95. The SMILES string of the molecule is NC(=O)N1c2ncccc2N2CC1CC2N1CCC(C(F)(F)F)C1. The number of halogens is 3. The van der Waals surface area contributed by atoms with Gasteiger partial charge in [0.15, 0.2) is 5.82 Å². The monoisotopic (exact) mass is 341 g/mol. The number of aromatic nitrogens is 1. The molecule has 0 aromatic carbocycles. The highest BCUT2D eigenvalue weighted by Crippen LogP contribution is 2.44. The molecule has 3 aliphatic heterocycles. The molecule has 3 unspecified atom stereocenters. The predicted octanol–water partition coefficient (Wildman–Crippen LogP) is 1.77. The van der Waals surface area contributed by atoms with Crippen LogP contribution in [0.3, 0.4) is 0 Å². The van der Waals surface area contributed by atoms with Gasteiger partial charge in [-0.1, -0.05) is 0 Å². The van der Waals surface area contributed by atoms with Gasteiger partial charge in [-0.25, -0.2) is 9.78 Å². The van der Waals surface area contributed by atoms with Crippen LogP contribution in [-0.4, -0.2) is 53.9 Å². The van der Waals surface area contributed by atoms with Crippen LogP contribution in [-0.2, 0) is 0 Å². The quantitative estimate of drug-likeness (QED) is 0.845. The van der Waals surface area contributed by atoms with E-state index in [4.69, 9.17) is 5.73 Å². The van der Waals surface area contributed by atoms with Crippen LogP contribution in [0.1, 0.15) is 12.8 Å². The number of pyridine rings is 1. The van der Waals surface area contributed by atoms with Crippen LogP contribution in [0.2, 0.25) is 0 Å². The van der Waals surface area contributed by atoms with Crippen LogP contribution < -0.4 is 15.5 Å². The maximum absolute atomic E-state index is 13.0. The number of nitrogens with two attached hydrogens (primary N) is 1. The standard InChI is InChI=1S/C15H18F3N5O/c16-15(17,18)9-3-5-21(7-9)12-6-10-8-22(12)11-2-1-4-20-13(11)23(10)14(19)24/h1-2,4,9-10,12H,3,5-8H2,(H2,19,24). The van der Waals surface area contributed by atoms with E-state index in [9.17, 15) is 18.0 Å². The van der Waals surface area contributed by atoms with Gasteiger partial charge in [0.2, 0.25) is 0 Å². The first-order valence-electron chi connectivity index (χ1n) is 7.97. The fourth-order valence-electron chi connectivity index (χ4n) is 4.17. The number of hydrogen-bond donors (Lipinski definition) is 1. The molecule has 24 heavy (non-hydrogen) atoms. The van der Waals surface area contributed by atoms with E-state index < -0.39 is 18.1 Å². The van der Waals surface area contributed by atoms with Gasteiger partial charge in [0.05, 0.1) is 23.8 Å². The molecule has 2 bridgehead atoms. The molecule has 1 aromatic rings. The van der Waals surface area contributed by atoms with Gasteiger partial charge in [0.25, 0.3) is 0 Å². The predicted molar refractivity (Wildman–Crippen MR) is 81.6 cm³/mol. The maximum Gasteiger partial charge on any atom is 0.393 e. The number of primary amides is 1. The fourth-order valence-corrected chi connectivity index (χ4v) is 4.17. The van der Waals surface area contributed by atoms with Gasteiger partial charge in [-0.15, -0.1) is 0 Å². The van der Waals surface area contributed by atoms with Crippen LogP contribution in [0, 0.1) is 5.92 Å². The molecule has 2 N–H and O–H groups in total. The van der Waals surface area contributed by atoms with Crippen molar-refractivity contribution in [1.82, 2.24) is 9.88 Å². The lowest BCUT2D eigenvalue weighted by atomic mass is 10.1. The van der Waals surface area contributed by atoms with E-state index >= 15 is 0 Å². The zero-order valence-electron chi connectivity index (χ0n) is 12.9. The normalized spacial score (nSPS) is 29.9. The van der Waals surface area contributed by atoms with Crippen LogP contribution >= 0.6 is 0 Å². The molecule has 4 rings (SSSR count). The van der Waals surface area contributed by atoms with Crippen molar-refractivity contribution in [3.63, 3.8) is 0 Å². The third-order valence-electron chi connectivity index (χ3n) is 5.26. The number of nitrogens with zero attached hydrogens (tertiary/aromatic N) is 4. The topological polar surface area (TPSA) is 65.7 Å². The highest BCUT2D eigenvalue weighted by Gasteiger charge is 2.50. The van der Waals surface area contributed by atoms with Crippen LogP contribution in [0.15, 0.2) is 18.3 Å². The summed E-state index contributed by atoms with van der Waals surface area (Å²) < 4.78 is 38.9. The van der Waals surface area contributed by atoms with Crippen LogP contribution in [0.25, 0.3) is 0 Å². The average Bonchev–Trinajstić information content (AvgIpc) is 3.12. The van der Waals surface area contributed by atoms with Crippen LogP contribution in [0.5, 0.6) is 0 Å². The van der Waals surface area contributed by atoms with E-state index in [0.29, 0.717) is 25.3 Å². The van der Waals surface area contributed by atoms with Crippen molar-refractivity contribution >= 4 is 17.5 Å². The van der Waals surface area contributed by atoms with E-state index in [2.05, 4.69) is 9.88 Å². The lowest BCUT2D eigenvalue weighted by Gasteiger charge is -2.37. The van der Waals surface area contributed by atoms with Crippen molar-refractivity contribution in [1.29, 1.82) is 0 Å². The lowest BCUT2D eigenvalue weighted by Crippen LogP contribution is -2.49. The minimum atomic E-state index is -4.16. The van der Waals surface area contributed by atoms with Gasteiger partial charge in [-0.05, 0) is 18.6 Å². The number of amides is 2. The van der Waals surface area contributed by atoms with Crippen molar-refractivity contribution < 1.29 is 18.0 Å². The summed E-state index contributed by atoms with van der Waals surface area (Å²) >= 11 is 0. The molecule has 4 heterocycles. The Morgan fingerprint density at radius 3 is 2.79 bits per heavy atom.